The van der Waals surface area contributed by atoms with Crippen molar-refractivity contribution in [2.75, 3.05) is 7.11 Å². The van der Waals surface area contributed by atoms with Crippen LogP contribution in [0.3, 0.4) is 0 Å². The van der Waals surface area contributed by atoms with Crippen molar-refractivity contribution >= 4 is 45.9 Å². The summed E-state index contributed by atoms with van der Waals surface area (Å²) in [6.07, 6.45) is 0. The van der Waals surface area contributed by atoms with E-state index in [1.54, 1.807) is 46.9 Å². The molecule has 3 aromatic rings. The van der Waals surface area contributed by atoms with E-state index < -0.39 is 27.5 Å². The predicted molar refractivity (Wildman–Crippen MR) is 121 cm³/mol. The first kappa shape index (κ1) is 22.8. The van der Waals surface area contributed by atoms with Gasteiger partial charge in [-0.25, -0.2) is 9.59 Å². The van der Waals surface area contributed by atoms with Gasteiger partial charge in [-0.2, -0.15) is 0 Å². The Labute approximate surface area is 194 Å². The molecule has 3 aromatic carbocycles. The van der Waals surface area contributed by atoms with Crippen molar-refractivity contribution < 1.29 is 28.9 Å². The lowest BCUT2D eigenvalue weighted by Gasteiger charge is -2.10. The van der Waals surface area contributed by atoms with E-state index in [0.717, 1.165) is 12.1 Å². The highest BCUT2D eigenvalue weighted by Crippen LogP contribution is 2.33. The van der Waals surface area contributed by atoms with E-state index in [-0.39, 0.29) is 16.8 Å². The standard InChI is InChI=1S/C21H13IN2O8/c1-31-19-5-3-2-4-18(19)12-6-13(9-16(8-12)23(27)28)20(25)32-21(26)14-7-15(22)11-17(10-14)24(29)30/h2-11H,1H3. The molecule has 0 aliphatic rings. The monoisotopic (exact) mass is 548 g/mol. The number of methoxy groups -OCH3 is 1. The third-order valence-corrected chi connectivity index (χ3v) is 4.92. The SMILES string of the molecule is COc1ccccc1-c1cc(C(=O)OC(=O)c2cc(I)cc([N+](=O)[O-])c2)cc([N+](=O)[O-])c1. The average Bonchev–Trinajstić information content (AvgIpc) is 2.78. The van der Waals surface area contributed by atoms with E-state index in [1.165, 1.54) is 31.4 Å². The van der Waals surface area contributed by atoms with E-state index in [4.69, 9.17) is 9.47 Å². The molecule has 0 unspecified atom stereocenters. The van der Waals surface area contributed by atoms with Gasteiger partial charge in [-0.1, -0.05) is 18.2 Å². The summed E-state index contributed by atoms with van der Waals surface area (Å²) in [6, 6.07) is 13.8. The number of nitro groups is 2. The van der Waals surface area contributed by atoms with E-state index in [9.17, 15) is 29.8 Å². The second-order valence-corrected chi connectivity index (χ2v) is 7.60. The molecule has 0 aliphatic carbocycles. The summed E-state index contributed by atoms with van der Waals surface area (Å²) in [5.41, 5.74) is -0.378. The molecule has 0 saturated heterocycles. The number of rotatable bonds is 6. The summed E-state index contributed by atoms with van der Waals surface area (Å²) >= 11 is 1.79. The van der Waals surface area contributed by atoms with Crippen LogP contribution in [0.5, 0.6) is 5.75 Å². The van der Waals surface area contributed by atoms with Crippen LogP contribution in [-0.2, 0) is 4.74 Å². The number of hydrogen-bond donors (Lipinski definition) is 0. The van der Waals surface area contributed by atoms with Gasteiger partial charge >= 0.3 is 11.9 Å². The highest BCUT2D eigenvalue weighted by molar-refractivity contribution is 14.1. The Morgan fingerprint density at radius 3 is 2.00 bits per heavy atom. The molecule has 0 heterocycles. The van der Waals surface area contributed by atoms with Gasteiger partial charge in [0.1, 0.15) is 5.75 Å². The smallest absolute Gasteiger partial charge is 0.346 e. The zero-order valence-electron chi connectivity index (χ0n) is 16.3. The minimum atomic E-state index is -1.14. The van der Waals surface area contributed by atoms with Gasteiger partial charge in [0.15, 0.2) is 0 Å². The minimum Gasteiger partial charge on any atom is -0.496 e. The number of carbonyl (C=O) groups is 2. The van der Waals surface area contributed by atoms with Crippen molar-refractivity contribution in [2.24, 2.45) is 0 Å². The van der Waals surface area contributed by atoms with E-state index >= 15 is 0 Å². The fourth-order valence-corrected chi connectivity index (χ4v) is 3.53. The fourth-order valence-electron chi connectivity index (χ4n) is 2.87. The van der Waals surface area contributed by atoms with E-state index in [0.29, 0.717) is 20.4 Å². The van der Waals surface area contributed by atoms with Crippen LogP contribution in [0, 0.1) is 23.8 Å². The Morgan fingerprint density at radius 2 is 1.41 bits per heavy atom. The van der Waals surface area contributed by atoms with E-state index in [2.05, 4.69) is 0 Å². The summed E-state index contributed by atoms with van der Waals surface area (Å²) < 4.78 is 10.5. The first-order chi connectivity index (χ1) is 15.2. The van der Waals surface area contributed by atoms with Crippen molar-refractivity contribution in [3.8, 4) is 16.9 Å². The number of benzene rings is 3. The lowest BCUT2D eigenvalue weighted by molar-refractivity contribution is -0.385. The first-order valence-electron chi connectivity index (χ1n) is 8.84. The highest BCUT2D eigenvalue weighted by atomic mass is 127. The van der Waals surface area contributed by atoms with Crippen molar-refractivity contribution in [2.45, 2.75) is 0 Å². The molecule has 0 aliphatic heterocycles. The van der Waals surface area contributed by atoms with Gasteiger partial charge in [0.25, 0.3) is 11.4 Å². The maximum absolute atomic E-state index is 12.6. The summed E-state index contributed by atoms with van der Waals surface area (Å²) in [6.45, 7) is 0. The zero-order chi connectivity index (χ0) is 23.4. The number of nitro benzene ring substituents is 2. The van der Waals surface area contributed by atoms with Crippen LogP contribution in [0.2, 0.25) is 0 Å². The molecule has 0 spiro atoms. The molecule has 11 heteroatoms. The topological polar surface area (TPSA) is 139 Å². The molecule has 32 heavy (non-hydrogen) atoms. The van der Waals surface area contributed by atoms with Gasteiger partial charge in [0, 0.05) is 33.4 Å². The van der Waals surface area contributed by atoms with Crippen molar-refractivity contribution in [1.82, 2.24) is 0 Å². The van der Waals surface area contributed by atoms with Gasteiger partial charge in [-0.15, -0.1) is 0 Å². The lowest BCUT2D eigenvalue weighted by Crippen LogP contribution is -2.13. The van der Waals surface area contributed by atoms with Gasteiger partial charge in [0.2, 0.25) is 0 Å². The largest absolute Gasteiger partial charge is 0.496 e. The Bertz CT molecular complexity index is 1260. The number of para-hydroxylation sites is 1. The highest BCUT2D eigenvalue weighted by Gasteiger charge is 2.22. The van der Waals surface area contributed by atoms with Gasteiger partial charge in [-0.3, -0.25) is 20.2 Å². The number of ether oxygens (including phenoxy) is 2. The molecular weight excluding hydrogens is 535 g/mol. The van der Waals surface area contributed by atoms with Crippen molar-refractivity contribution in [1.29, 1.82) is 0 Å². The Kier molecular flexibility index (Phi) is 6.78. The number of non-ortho nitro benzene ring substituents is 2. The maximum Gasteiger partial charge on any atom is 0.346 e. The summed E-state index contributed by atoms with van der Waals surface area (Å²) in [7, 11) is 1.43. The van der Waals surface area contributed by atoms with Crippen LogP contribution in [0.4, 0.5) is 11.4 Å². The van der Waals surface area contributed by atoms with Crippen LogP contribution in [-0.4, -0.2) is 28.9 Å². The van der Waals surface area contributed by atoms with E-state index in [1.807, 2.05) is 0 Å². The van der Waals surface area contributed by atoms with Gasteiger partial charge in [-0.05, 0) is 46.4 Å². The third-order valence-electron chi connectivity index (χ3n) is 4.30. The number of carbonyl (C=O) groups excluding carboxylic acids is 2. The molecule has 0 bridgehead atoms. The summed E-state index contributed by atoms with van der Waals surface area (Å²) in [5, 5.41) is 22.4. The summed E-state index contributed by atoms with van der Waals surface area (Å²) in [4.78, 5) is 46.1. The van der Waals surface area contributed by atoms with Crippen LogP contribution >= 0.6 is 22.6 Å². The predicted octanol–water partition coefficient (Wildman–Crippen LogP) is 4.78. The van der Waals surface area contributed by atoms with Crippen LogP contribution < -0.4 is 4.74 Å². The van der Waals surface area contributed by atoms with Gasteiger partial charge in [0.05, 0.1) is 28.1 Å². The van der Waals surface area contributed by atoms with Crippen molar-refractivity contribution in [3.05, 3.63) is 95.6 Å². The first-order valence-corrected chi connectivity index (χ1v) is 9.92. The number of hydrogen-bond acceptors (Lipinski definition) is 8. The molecule has 0 saturated carbocycles. The molecule has 0 fully saturated rings. The quantitative estimate of drug-likeness (QED) is 0.141. The number of esters is 2. The molecule has 0 aromatic heterocycles. The number of nitrogens with zero attached hydrogens (tertiary/aromatic N) is 2. The second kappa shape index (κ2) is 9.51. The normalized spacial score (nSPS) is 10.3. The van der Waals surface area contributed by atoms with Gasteiger partial charge < -0.3 is 9.47 Å². The van der Waals surface area contributed by atoms with Crippen LogP contribution in [0.15, 0.2) is 60.7 Å². The fraction of sp³-hybridized carbons (Fsp3) is 0.0476. The second-order valence-electron chi connectivity index (χ2n) is 6.36. The third kappa shape index (κ3) is 5.06. The zero-order valence-corrected chi connectivity index (χ0v) is 18.5. The van der Waals surface area contributed by atoms with Crippen LogP contribution in [0.1, 0.15) is 20.7 Å². The molecule has 0 amide bonds. The average molecular weight is 548 g/mol. The number of halogens is 1. The molecule has 0 N–H and O–H groups in total. The molecule has 10 nitrogen and oxygen atoms in total. The Hall–Kier alpha value is -3.87. The molecule has 0 radical (unpaired) electrons. The Balaban J connectivity index is 1.98. The Morgan fingerprint density at radius 1 is 0.844 bits per heavy atom. The maximum atomic E-state index is 12.6. The van der Waals surface area contributed by atoms with Crippen LogP contribution in [0.25, 0.3) is 11.1 Å². The lowest BCUT2D eigenvalue weighted by atomic mass is 10.0. The molecular formula is C21H13IN2O8. The molecule has 0 atom stereocenters. The summed E-state index contributed by atoms with van der Waals surface area (Å²) in [5.74, 6) is -1.84. The molecule has 3 rings (SSSR count). The minimum absolute atomic E-state index is 0.202. The van der Waals surface area contributed by atoms with Crippen molar-refractivity contribution in [3.63, 3.8) is 0 Å². The molecule has 162 valence electrons.